The quantitative estimate of drug-likeness (QED) is 0.886. The van der Waals surface area contributed by atoms with E-state index in [0.717, 1.165) is 28.9 Å². The van der Waals surface area contributed by atoms with Crippen LogP contribution in [0.1, 0.15) is 25.8 Å². The average Bonchev–Trinajstić information content (AvgIpc) is 3.01. The van der Waals surface area contributed by atoms with Gasteiger partial charge in [0, 0.05) is 29.8 Å². The van der Waals surface area contributed by atoms with E-state index in [1.165, 1.54) is 0 Å². The zero-order valence-corrected chi connectivity index (χ0v) is 13.6. The molecule has 4 rings (SSSR count). The van der Waals surface area contributed by atoms with Gasteiger partial charge in [-0.25, -0.2) is 0 Å². The van der Waals surface area contributed by atoms with E-state index in [1.807, 2.05) is 29.9 Å². The molecule has 1 aliphatic heterocycles. The molecule has 1 aromatic carbocycles. The Hall–Kier alpha value is -2.82. The molecule has 2 N–H and O–H groups in total. The van der Waals surface area contributed by atoms with Crippen molar-refractivity contribution in [2.45, 2.75) is 31.8 Å². The van der Waals surface area contributed by atoms with Gasteiger partial charge in [-0.1, -0.05) is 36.4 Å². The van der Waals surface area contributed by atoms with Crippen LogP contribution in [0.5, 0.6) is 0 Å². The maximum Gasteiger partial charge on any atom is 0.226 e. The van der Waals surface area contributed by atoms with Crippen LogP contribution in [0.25, 0.3) is 11.1 Å². The van der Waals surface area contributed by atoms with E-state index in [2.05, 4.69) is 52.3 Å². The molecule has 2 aliphatic rings. The predicted octanol–water partition coefficient (Wildman–Crippen LogP) is 3.75. The maximum atomic E-state index is 11.9. The molecule has 122 valence electrons. The topological polar surface area (TPSA) is 59.0 Å². The molecule has 0 saturated heterocycles. The Morgan fingerprint density at radius 2 is 2.21 bits per heavy atom. The first-order valence-electron chi connectivity index (χ1n) is 8.28. The van der Waals surface area contributed by atoms with Crippen molar-refractivity contribution in [2.75, 3.05) is 10.6 Å². The molecule has 1 amide bonds. The highest BCUT2D eigenvalue weighted by molar-refractivity contribution is 6.00. The molecule has 1 aliphatic carbocycles. The fraction of sp³-hybridized carbons (Fsp3) is 0.263. The summed E-state index contributed by atoms with van der Waals surface area (Å²) in [5.41, 5.74) is 3.90. The van der Waals surface area contributed by atoms with Crippen LogP contribution in [0, 0.1) is 0 Å². The summed E-state index contributed by atoms with van der Waals surface area (Å²) in [5.74, 6) is 0.0423. The molecule has 2 heterocycles. The number of carbonyl (C=O) groups is 1. The maximum absolute atomic E-state index is 11.9. The van der Waals surface area contributed by atoms with Gasteiger partial charge in [-0.2, -0.15) is 5.10 Å². The first-order valence-corrected chi connectivity index (χ1v) is 8.28. The van der Waals surface area contributed by atoms with Crippen molar-refractivity contribution in [2.24, 2.45) is 0 Å². The van der Waals surface area contributed by atoms with E-state index < -0.39 is 0 Å². The molecule has 0 fully saturated rings. The summed E-state index contributed by atoms with van der Waals surface area (Å²) in [7, 11) is 0. The van der Waals surface area contributed by atoms with Crippen molar-refractivity contribution in [1.82, 2.24) is 9.78 Å². The van der Waals surface area contributed by atoms with E-state index in [0.29, 0.717) is 6.42 Å². The Morgan fingerprint density at radius 3 is 3.04 bits per heavy atom. The molecule has 5 heteroatoms. The minimum Gasteiger partial charge on any atom is -0.380 e. The number of rotatable bonds is 2. The number of hydrogen-bond donors (Lipinski definition) is 2. The minimum absolute atomic E-state index is 0.0423. The van der Waals surface area contributed by atoms with Crippen LogP contribution in [0.15, 0.2) is 54.9 Å². The van der Waals surface area contributed by atoms with Gasteiger partial charge >= 0.3 is 0 Å². The first-order chi connectivity index (χ1) is 11.7. The fourth-order valence-electron chi connectivity index (χ4n) is 3.25. The number of aromatic nitrogens is 2. The summed E-state index contributed by atoms with van der Waals surface area (Å²) in [6.45, 7) is 2.02. The normalized spacial score (nSPS) is 22.5. The Balaban J connectivity index is 1.71. The second kappa shape index (κ2) is 6.00. The summed E-state index contributed by atoms with van der Waals surface area (Å²) in [5, 5.41) is 11.0. The molecule has 2 aromatic rings. The van der Waals surface area contributed by atoms with E-state index in [-0.39, 0.29) is 18.0 Å². The van der Waals surface area contributed by atoms with Gasteiger partial charge in [0.1, 0.15) is 0 Å². The van der Waals surface area contributed by atoms with Crippen LogP contribution >= 0.6 is 0 Å². The second-order valence-corrected chi connectivity index (χ2v) is 6.35. The number of carbonyl (C=O) groups excluding carboxylic acids is 1. The largest absolute Gasteiger partial charge is 0.380 e. The number of hydrogen-bond acceptors (Lipinski definition) is 3. The molecule has 0 radical (unpaired) electrons. The lowest BCUT2D eigenvalue weighted by atomic mass is 10.0. The third kappa shape index (κ3) is 2.73. The number of para-hydroxylation sites is 1. The summed E-state index contributed by atoms with van der Waals surface area (Å²) >= 11 is 0. The van der Waals surface area contributed by atoms with E-state index >= 15 is 0 Å². The SMILES string of the molecule is C[C@@H]1CC(=O)Nc2cccc(-c3cnn(C4C=CC=CC4)c3)c2N1. The monoisotopic (exact) mass is 320 g/mol. The zero-order chi connectivity index (χ0) is 16.5. The number of fused-ring (bicyclic) bond motifs is 1. The van der Waals surface area contributed by atoms with Gasteiger partial charge in [-0.15, -0.1) is 0 Å². The standard InChI is InChI=1S/C19H20N4O/c1-13-10-18(24)22-17-9-5-8-16(19(17)21-13)14-11-20-23(12-14)15-6-3-2-4-7-15/h2-6,8-9,11-13,15,21H,7,10H2,1H3,(H,22,24)/t13-,15?/m1/s1. The Kier molecular flexibility index (Phi) is 3.69. The van der Waals surface area contributed by atoms with Crippen LogP contribution in [0.4, 0.5) is 11.4 Å². The molecule has 0 spiro atoms. The molecule has 0 bridgehead atoms. The number of nitrogens with zero attached hydrogens (tertiary/aromatic N) is 2. The van der Waals surface area contributed by atoms with Crippen LogP contribution in [-0.2, 0) is 4.79 Å². The lowest BCUT2D eigenvalue weighted by Gasteiger charge is -2.16. The van der Waals surface area contributed by atoms with Crippen molar-refractivity contribution >= 4 is 17.3 Å². The second-order valence-electron chi connectivity index (χ2n) is 6.35. The summed E-state index contributed by atoms with van der Waals surface area (Å²) in [4.78, 5) is 11.9. The van der Waals surface area contributed by atoms with Crippen LogP contribution in [-0.4, -0.2) is 21.7 Å². The van der Waals surface area contributed by atoms with Crippen LogP contribution in [0.3, 0.4) is 0 Å². The van der Waals surface area contributed by atoms with E-state index in [1.54, 1.807) is 0 Å². The van der Waals surface area contributed by atoms with Gasteiger partial charge in [0.05, 0.1) is 23.6 Å². The van der Waals surface area contributed by atoms with Crippen molar-refractivity contribution in [3.8, 4) is 11.1 Å². The highest BCUT2D eigenvalue weighted by atomic mass is 16.1. The molecule has 1 aromatic heterocycles. The Morgan fingerprint density at radius 1 is 1.29 bits per heavy atom. The van der Waals surface area contributed by atoms with Gasteiger partial charge in [0.25, 0.3) is 0 Å². The molecule has 24 heavy (non-hydrogen) atoms. The number of benzene rings is 1. The summed E-state index contributed by atoms with van der Waals surface area (Å²) in [6, 6.07) is 6.31. The van der Waals surface area contributed by atoms with Crippen molar-refractivity contribution in [3.63, 3.8) is 0 Å². The zero-order valence-electron chi connectivity index (χ0n) is 13.6. The van der Waals surface area contributed by atoms with Crippen LogP contribution in [0.2, 0.25) is 0 Å². The van der Waals surface area contributed by atoms with Gasteiger partial charge in [-0.3, -0.25) is 9.48 Å². The Bertz CT molecular complexity index is 834. The average molecular weight is 320 g/mol. The van der Waals surface area contributed by atoms with Crippen molar-refractivity contribution in [1.29, 1.82) is 0 Å². The van der Waals surface area contributed by atoms with E-state index in [9.17, 15) is 4.79 Å². The highest BCUT2D eigenvalue weighted by Gasteiger charge is 2.21. The summed E-state index contributed by atoms with van der Waals surface area (Å²) in [6.07, 6.45) is 13.8. The van der Waals surface area contributed by atoms with E-state index in [4.69, 9.17) is 0 Å². The number of nitrogens with one attached hydrogen (secondary N) is 2. The van der Waals surface area contributed by atoms with Gasteiger partial charge in [0.2, 0.25) is 5.91 Å². The van der Waals surface area contributed by atoms with Crippen LogP contribution < -0.4 is 10.6 Å². The van der Waals surface area contributed by atoms with Crippen molar-refractivity contribution in [3.05, 3.63) is 54.9 Å². The van der Waals surface area contributed by atoms with Crippen molar-refractivity contribution < 1.29 is 4.79 Å². The summed E-state index contributed by atoms with van der Waals surface area (Å²) < 4.78 is 1.99. The predicted molar refractivity (Wildman–Crippen MR) is 95.9 cm³/mol. The number of amides is 1. The third-order valence-corrected chi connectivity index (χ3v) is 4.43. The lowest BCUT2D eigenvalue weighted by molar-refractivity contribution is -0.116. The molecule has 2 atom stereocenters. The van der Waals surface area contributed by atoms with Gasteiger partial charge in [0.15, 0.2) is 0 Å². The Labute approximate surface area is 141 Å². The molecule has 0 saturated carbocycles. The molecular formula is C19H20N4O. The number of allylic oxidation sites excluding steroid dienone is 4. The van der Waals surface area contributed by atoms with Gasteiger partial charge < -0.3 is 10.6 Å². The molecule has 1 unspecified atom stereocenters. The smallest absolute Gasteiger partial charge is 0.226 e. The molecular weight excluding hydrogens is 300 g/mol. The number of anilines is 2. The highest BCUT2D eigenvalue weighted by Crippen LogP contribution is 2.36. The molecule has 5 nitrogen and oxygen atoms in total. The first kappa shape index (κ1) is 14.8. The minimum atomic E-state index is 0.0423. The third-order valence-electron chi connectivity index (χ3n) is 4.43. The lowest BCUT2D eigenvalue weighted by Crippen LogP contribution is -2.19. The fourth-order valence-corrected chi connectivity index (χ4v) is 3.25. The van der Waals surface area contributed by atoms with Gasteiger partial charge in [-0.05, 0) is 19.4 Å².